The SMILES string of the molecule is CC(C)(C)NC(=O)OC(c1ncc(Br)cn1)C1(c2ncccc2F)CC(F)C1. The molecule has 1 aliphatic carbocycles. The zero-order valence-electron chi connectivity index (χ0n) is 15.7. The topological polar surface area (TPSA) is 77.0 Å². The van der Waals surface area contributed by atoms with Crippen molar-refractivity contribution in [3.63, 3.8) is 0 Å². The summed E-state index contributed by atoms with van der Waals surface area (Å²) in [7, 11) is 0. The van der Waals surface area contributed by atoms with Crippen LogP contribution in [0.5, 0.6) is 0 Å². The highest BCUT2D eigenvalue weighted by atomic mass is 79.9. The van der Waals surface area contributed by atoms with E-state index in [1.54, 1.807) is 20.8 Å². The second kappa shape index (κ2) is 7.69. The molecule has 2 heterocycles. The number of hydrogen-bond acceptors (Lipinski definition) is 5. The Kier molecular flexibility index (Phi) is 5.65. The maximum atomic E-state index is 14.6. The van der Waals surface area contributed by atoms with Crippen molar-refractivity contribution in [3.05, 3.63) is 52.5 Å². The molecule has 150 valence electrons. The first-order chi connectivity index (χ1) is 13.1. The average Bonchev–Trinajstić information content (AvgIpc) is 2.57. The van der Waals surface area contributed by atoms with Gasteiger partial charge < -0.3 is 10.1 Å². The molecule has 28 heavy (non-hydrogen) atoms. The molecule has 6 nitrogen and oxygen atoms in total. The third-order valence-corrected chi connectivity index (χ3v) is 4.89. The lowest BCUT2D eigenvalue weighted by molar-refractivity contribution is -0.0421. The second-order valence-electron chi connectivity index (χ2n) is 7.92. The molecule has 1 N–H and O–H groups in total. The van der Waals surface area contributed by atoms with Crippen LogP contribution in [-0.4, -0.2) is 32.8 Å². The van der Waals surface area contributed by atoms with Crippen molar-refractivity contribution >= 4 is 22.0 Å². The quantitative estimate of drug-likeness (QED) is 0.739. The van der Waals surface area contributed by atoms with E-state index >= 15 is 0 Å². The maximum absolute atomic E-state index is 14.6. The molecule has 0 bridgehead atoms. The van der Waals surface area contributed by atoms with Crippen LogP contribution in [0, 0.1) is 5.82 Å². The summed E-state index contributed by atoms with van der Waals surface area (Å²) < 4.78 is 34.9. The molecule has 0 saturated heterocycles. The van der Waals surface area contributed by atoms with E-state index in [-0.39, 0.29) is 24.4 Å². The van der Waals surface area contributed by atoms with Crippen LogP contribution < -0.4 is 5.32 Å². The van der Waals surface area contributed by atoms with Crippen molar-refractivity contribution in [2.24, 2.45) is 0 Å². The van der Waals surface area contributed by atoms with Crippen LogP contribution in [0.2, 0.25) is 0 Å². The van der Waals surface area contributed by atoms with Crippen LogP contribution in [0.1, 0.15) is 51.2 Å². The highest BCUT2D eigenvalue weighted by Crippen LogP contribution is 2.54. The second-order valence-corrected chi connectivity index (χ2v) is 8.83. The van der Waals surface area contributed by atoms with Gasteiger partial charge in [-0.2, -0.15) is 0 Å². The minimum Gasteiger partial charge on any atom is -0.437 e. The summed E-state index contributed by atoms with van der Waals surface area (Å²) in [5.41, 5.74) is -1.69. The molecular formula is C19H21BrF2N4O2. The summed E-state index contributed by atoms with van der Waals surface area (Å²) in [5.74, 6) is -0.430. The highest BCUT2D eigenvalue weighted by Gasteiger charge is 2.57. The molecule has 3 rings (SSSR count). The first-order valence-corrected chi connectivity index (χ1v) is 9.61. The number of nitrogens with one attached hydrogen (secondary N) is 1. The van der Waals surface area contributed by atoms with Crippen LogP contribution in [0.15, 0.2) is 35.2 Å². The standard InChI is InChI=1S/C19H21BrF2N4O2/c1-18(2,3)26-17(27)28-15(16-24-9-11(20)10-25-16)19(7-12(21)8-19)14-13(22)5-4-6-23-14/h4-6,9-10,12,15H,7-8H2,1-3H3,(H,26,27). The van der Waals surface area contributed by atoms with Gasteiger partial charge in [0, 0.05) is 24.1 Å². The minimum atomic E-state index is -1.19. The number of pyridine rings is 1. The minimum absolute atomic E-state index is 0.0453. The zero-order valence-corrected chi connectivity index (χ0v) is 17.3. The summed E-state index contributed by atoms with van der Waals surface area (Å²) >= 11 is 3.26. The van der Waals surface area contributed by atoms with Gasteiger partial charge in [0.1, 0.15) is 12.0 Å². The van der Waals surface area contributed by atoms with Crippen LogP contribution in [0.4, 0.5) is 13.6 Å². The fraction of sp³-hybridized carbons (Fsp3) is 0.474. The molecular weight excluding hydrogens is 434 g/mol. The summed E-state index contributed by atoms with van der Waals surface area (Å²) in [6.07, 6.45) is 1.35. The van der Waals surface area contributed by atoms with E-state index in [2.05, 4.69) is 36.2 Å². The summed E-state index contributed by atoms with van der Waals surface area (Å²) in [6, 6.07) is 2.71. The third kappa shape index (κ3) is 4.29. The Hall–Kier alpha value is -2.16. The monoisotopic (exact) mass is 454 g/mol. The Balaban J connectivity index is 2.04. The fourth-order valence-electron chi connectivity index (χ4n) is 3.33. The molecule has 1 aliphatic rings. The summed E-state index contributed by atoms with van der Waals surface area (Å²) in [6.45, 7) is 5.40. The Morgan fingerprint density at radius 1 is 1.32 bits per heavy atom. The molecule has 1 atom stereocenters. The van der Waals surface area contributed by atoms with E-state index < -0.39 is 35.1 Å². The van der Waals surface area contributed by atoms with Gasteiger partial charge in [-0.1, -0.05) is 0 Å². The summed E-state index contributed by atoms with van der Waals surface area (Å²) in [5, 5.41) is 2.69. The smallest absolute Gasteiger partial charge is 0.408 e. The highest BCUT2D eigenvalue weighted by molar-refractivity contribution is 9.10. The largest absolute Gasteiger partial charge is 0.437 e. The molecule has 0 aromatic carbocycles. The van der Waals surface area contributed by atoms with Gasteiger partial charge in [-0.05, 0) is 61.7 Å². The number of rotatable bonds is 4. The Labute approximate surface area is 170 Å². The number of amides is 1. The molecule has 0 radical (unpaired) electrons. The van der Waals surface area contributed by atoms with Gasteiger partial charge in [0.25, 0.3) is 0 Å². The number of ether oxygens (including phenoxy) is 1. The number of alkyl halides is 1. The van der Waals surface area contributed by atoms with E-state index in [4.69, 9.17) is 4.74 Å². The molecule has 1 unspecified atom stereocenters. The van der Waals surface area contributed by atoms with E-state index in [9.17, 15) is 13.6 Å². The Bertz CT molecular complexity index is 852. The van der Waals surface area contributed by atoms with Gasteiger partial charge >= 0.3 is 6.09 Å². The predicted octanol–water partition coefficient (Wildman–Crippen LogP) is 4.41. The van der Waals surface area contributed by atoms with Gasteiger partial charge in [-0.3, -0.25) is 4.98 Å². The predicted molar refractivity (Wildman–Crippen MR) is 102 cm³/mol. The van der Waals surface area contributed by atoms with E-state index in [1.807, 2.05) is 0 Å². The molecule has 0 aliphatic heterocycles. The number of carbonyl (C=O) groups is 1. The fourth-order valence-corrected chi connectivity index (χ4v) is 3.53. The number of halogens is 3. The van der Waals surface area contributed by atoms with Crippen LogP contribution in [-0.2, 0) is 10.2 Å². The maximum Gasteiger partial charge on any atom is 0.408 e. The van der Waals surface area contributed by atoms with Gasteiger partial charge in [0.05, 0.1) is 15.6 Å². The van der Waals surface area contributed by atoms with Crippen molar-refractivity contribution in [2.45, 2.75) is 56.8 Å². The lowest BCUT2D eigenvalue weighted by Gasteiger charge is -2.47. The Morgan fingerprint density at radius 2 is 1.96 bits per heavy atom. The van der Waals surface area contributed by atoms with Crippen LogP contribution in [0.25, 0.3) is 0 Å². The van der Waals surface area contributed by atoms with Gasteiger partial charge in [-0.25, -0.2) is 23.5 Å². The van der Waals surface area contributed by atoms with Crippen molar-refractivity contribution in [2.75, 3.05) is 0 Å². The molecule has 1 amide bonds. The molecule has 2 aromatic rings. The molecule has 0 spiro atoms. The number of aromatic nitrogens is 3. The van der Waals surface area contributed by atoms with E-state index in [0.29, 0.717) is 4.47 Å². The average molecular weight is 455 g/mol. The lowest BCUT2D eigenvalue weighted by atomic mass is 9.61. The van der Waals surface area contributed by atoms with Gasteiger partial charge in [-0.15, -0.1) is 0 Å². The van der Waals surface area contributed by atoms with Crippen molar-refractivity contribution in [3.8, 4) is 0 Å². The number of nitrogens with zero attached hydrogens (tertiary/aromatic N) is 3. The number of alkyl carbamates (subject to hydrolysis) is 1. The number of hydrogen-bond donors (Lipinski definition) is 1. The van der Waals surface area contributed by atoms with Crippen molar-refractivity contribution < 1.29 is 18.3 Å². The first-order valence-electron chi connectivity index (χ1n) is 8.82. The van der Waals surface area contributed by atoms with Crippen LogP contribution in [0.3, 0.4) is 0 Å². The molecule has 2 aromatic heterocycles. The third-order valence-electron chi connectivity index (χ3n) is 4.48. The Morgan fingerprint density at radius 3 is 2.50 bits per heavy atom. The first kappa shape index (κ1) is 20.6. The van der Waals surface area contributed by atoms with Gasteiger partial charge in [0.15, 0.2) is 11.9 Å². The normalized spacial score (nSPS) is 22.9. The van der Waals surface area contributed by atoms with Crippen molar-refractivity contribution in [1.29, 1.82) is 0 Å². The molecule has 9 heteroatoms. The molecule has 1 saturated carbocycles. The van der Waals surface area contributed by atoms with Crippen molar-refractivity contribution in [1.82, 2.24) is 20.3 Å². The van der Waals surface area contributed by atoms with Crippen LogP contribution >= 0.6 is 15.9 Å². The molecule has 1 fully saturated rings. The summed E-state index contributed by atoms with van der Waals surface area (Å²) in [4.78, 5) is 25.1. The zero-order chi connectivity index (χ0) is 20.5. The lowest BCUT2D eigenvalue weighted by Crippen LogP contribution is -2.52. The van der Waals surface area contributed by atoms with E-state index in [0.717, 1.165) is 0 Å². The van der Waals surface area contributed by atoms with Gasteiger partial charge in [0.2, 0.25) is 0 Å². The van der Waals surface area contributed by atoms with E-state index in [1.165, 1.54) is 30.7 Å². The number of carbonyl (C=O) groups excluding carboxylic acids is 1.